The van der Waals surface area contributed by atoms with Crippen LogP contribution in [0.5, 0.6) is 0 Å². The van der Waals surface area contributed by atoms with Gasteiger partial charge in [0.2, 0.25) is 0 Å². The van der Waals surface area contributed by atoms with Crippen molar-refractivity contribution >= 4 is 22.9 Å². The normalized spacial score (nSPS) is 26.6. The van der Waals surface area contributed by atoms with Crippen molar-refractivity contribution in [3.8, 4) is 10.6 Å². The first-order valence-electron chi connectivity index (χ1n) is 9.44. The minimum absolute atomic E-state index is 0.439. The van der Waals surface area contributed by atoms with E-state index in [4.69, 9.17) is 16.3 Å². The van der Waals surface area contributed by atoms with Gasteiger partial charge in [-0.3, -0.25) is 0 Å². The zero-order valence-electron chi connectivity index (χ0n) is 15.8. The van der Waals surface area contributed by atoms with Gasteiger partial charge >= 0.3 is 0 Å². The Balaban J connectivity index is 1.57. The lowest BCUT2D eigenvalue weighted by molar-refractivity contribution is -0.231. The van der Waals surface area contributed by atoms with Crippen LogP contribution < -0.4 is 0 Å². The average Bonchev–Trinajstić information content (AvgIpc) is 3.23. The Morgan fingerprint density at radius 2 is 1.73 bits per heavy atom. The first-order chi connectivity index (χ1) is 14.5. The first kappa shape index (κ1) is 21.3. The highest BCUT2D eigenvalue weighted by Gasteiger charge is 2.44. The van der Waals surface area contributed by atoms with Gasteiger partial charge in [-0.05, 0) is 17.2 Å². The van der Waals surface area contributed by atoms with Gasteiger partial charge in [0.05, 0.1) is 6.61 Å². The van der Waals surface area contributed by atoms with E-state index in [-0.39, 0.29) is 0 Å². The minimum Gasteiger partial charge on any atom is -0.394 e. The summed E-state index contributed by atoms with van der Waals surface area (Å²) in [5.41, 5.74) is 2.34. The summed E-state index contributed by atoms with van der Waals surface area (Å²) in [6, 6.07) is 14.9. The molecule has 1 saturated heterocycles. The molecule has 0 radical (unpaired) electrons. The van der Waals surface area contributed by atoms with E-state index in [9.17, 15) is 20.4 Å². The Kier molecular flexibility index (Phi) is 6.45. The largest absolute Gasteiger partial charge is 0.394 e. The maximum Gasteiger partial charge on any atom is 0.147 e. The molecule has 30 heavy (non-hydrogen) atoms. The molecule has 3 aromatic rings. The van der Waals surface area contributed by atoms with Crippen LogP contribution in [0.2, 0.25) is 5.02 Å². The highest BCUT2D eigenvalue weighted by Crippen LogP contribution is 2.35. The highest BCUT2D eigenvalue weighted by atomic mass is 35.5. The quantitative estimate of drug-likeness (QED) is 0.471. The van der Waals surface area contributed by atoms with E-state index in [0.717, 1.165) is 21.1 Å². The number of ether oxygens (including phenoxy) is 1. The van der Waals surface area contributed by atoms with Crippen LogP contribution in [0, 0.1) is 0 Å². The van der Waals surface area contributed by atoms with E-state index in [1.165, 1.54) is 11.3 Å². The number of halogens is 1. The third-order valence-corrected chi connectivity index (χ3v) is 6.46. The molecule has 4 N–H and O–H groups in total. The molecule has 0 saturated carbocycles. The monoisotopic (exact) mass is 448 g/mol. The smallest absolute Gasteiger partial charge is 0.147 e. The second kappa shape index (κ2) is 9.07. The van der Waals surface area contributed by atoms with Crippen LogP contribution in [0.25, 0.3) is 10.6 Å². The molecule has 158 valence electrons. The molecule has 9 heteroatoms. The fourth-order valence-corrected chi connectivity index (χ4v) is 4.52. The third kappa shape index (κ3) is 4.26. The van der Waals surface area contributed by atoms with Crippen LogP contribution in [0.1, 0.15) is 22.2 Å². The van der Waals surface area contributed by atoms with E-state index in [1.54, 1.807) is 18.2 Å². The molecular weight excluding hydrogens is 428 g/mol. The standard InChI is InChI=1S/C21H21ClN2O5S/c22-14-7-6-12(20-19(28)18(27)17(26)15(10-25)29-20)8-13(14)9-16-23-24-21(30-16)11-4-2-1-3-5-11/h1-8,15,17-20,25-28H,9-10H2/t15-,17-,18+,19-,20+/m1/s1. The Hall–Kier alpha value is -1.91. The van der Waals surface area contributed by atoms with E-state index < -0.39 is 37.1 Å². The zero-order chi connectivity index (χ0) is 21.3. The molecule has 4 rings (SSSR count). The molecule has 0 aliphatic carbocycles. The number of nitrogens with zero attached hydrogens (tertiary/aromatic N) is 2. The summed E-state index contributed by atoms with van der Waals surface area (Å²) in [5, 5.41) is 50.5. The lowest BCUT2D eigenvalue weighted by atomic mass is 9.90. The second-order valence-electron chi connectivity index (χ2n) is 7.14. The van der Waals surface area contributed by atoms with E-state index in [2.05, 4.69) is 10.2 Å². The van der Waals surface area contributed by atoms with Gasteiger partial charge in [0.25, 0.3) is 0 Å². The van der Waals surface area contributed by atoms with Crippen molar-refractivity contribution in [3.05, 3.63) is 69.7 Å². The van der Waals surface area contributed by atoms with Crippen molar-refractivity contribution < 1.29 is 25.2 Å². The van der Waals surface area contributed by atoms with Crippen LogP contribution in [-0.2, 0) is 11.2 Å². The topological polar surface area (TPSA) is 116 Å². The predicted octanol–water partition coefficient (Wildman–Crippen LogP) is 1.96. The number of aliphatic hydroxyl groups excluding tert-OH is 4. The van der Waals surface area contributed by atoms with E-state index >= 15 is 0 Å². The van der Waals surface area contributed by atoms with Crippen molar-refractivity contribution in [1.82, 2.24) is 10.2 Å². The van der Waals surface area contributed by atoms with Gasteiger partial charge in [0.15, 0.2) is 0 Å². The van der Waals surface area contributed by atoms with Gasteiger partial charge in [-0.15, -0.1) is 10.2 Å². The lowest BCUT2D eigenvalue weighted by Gasteiger charge is -2.40. The number of benzene rings is 2. The zero-order valence-corrected chi connectivity index (χ0v) is 17.4. The van der Waals surface area contributed by atoms with Crippen molar-refractivity contribution in [3.63, 3.8) is 0 Å². The molecule has 2 heterocycles. The SMILES string of the molecule is OC[C@H]1O[C@@H](c2ccc(Cl)c(Cc3nnc(-c4ccccc4)s3)c2)[C@H](O)[C@@H](O)[C@@H]1O. The van der Waals surface area contributed by atoms with Crippen molar-refractivity contribution in [2.24, 2.45) is 0 Å². The van der Waals surface area contributed by atoms with E-state index in [0.29, 0.717) is 17.0 Å². The number of aromatic nitrogens is 2. The van der Waals surface area contributed by atoms with Gasteiger partial charge in [-0.25, -0.2) is 0 Å². The minimum atomic E-state index is -1.43. The summed E-state index contributed by atoms with van der Waals surface area (Å²) >= 11 is 7.85. The van der Waals surface area contributed by atoms with Crippen LogP contribution in [0.15, 0.2) is 48.5 Å². The van der Waals surface area contributed by atoms with Gasteiger partial charge in [-0.2, -0.15) is 0 Å². The number of hydrogen-bond acceptors (Lipinski definition) is 8. The summed E-state index contributed by atoms with van der Waals surface area (Å²) < 4.78 is 5.65. The summed E-state index contributed by atoms with van der Waals surface area (Å²) in [6.07, 6.45) is -5.62. The van der Waals surface area contributed by atoms with Crippen LogP contribution in [0.4, 0.5) is 0 Å². The van der Waals surface area contributed by atoms with Gasteiger partial charge in [0, 0.05) is 17.0 Å². The fourth-order valence-electron chi connectivity index (χ4n) is 3.47. The maximum absolute atomic E-state index is 10.4. The summed E-state index contributed by atoms with van der Waals surface area (Å²) in [6.45, 7) is -0.477. The maximum atomic E-state index is 10.4. The number of hydrogen-bond donors (Lipinski definition) is 4. The van der Waals surface area contributed by atoms with Crippen molar-refractivity contribution in [2.45, 2.75) is 36.9 Å². The summed E-state index contributed by atoms with van der Waals surface area (Å²) in [7, 11) is 0. The van der Waals surface area contributed by atoms with Crippen molar-refractivity contribution in [1.29, 1.82) is 0 Å². The molecule has 1 fully saturated rings. The van der Waals surface area contributed by atoms with Gasteiger partial charge in [-0.1, -0.05) is 65.4 Å². The molecule has 0 spiro atoms. The second-order valence-corrected chi connectivity index (χ2v) is 8.61. The Bertz CT molecular complexity index is 1000. The van der Waals surface area contributed by atoms with Crippen LogP contribution >= 0.6 is 22.9 Å². The highest BCUT2D eigenvalue weighted by molar-refractivity contribution is 7.14. The fraction of sp³-hybridized carbons (Fsp3) is 0.333. The molecule has 1 aliphatic heterocycles. The average molecular weight is 449 g/mol. The summed E-state index contributed by atoms with van der Waals surface area (Å²) in [5.74, 6) is 0. The predicted molar refractivity (Wildman–Crippen MR) is 112 cm³/mol. The summed E-state index contributed by atoms with van der Waals surface area (Å²) in [4.78, 5) is 0. The molecule has 0 bridgehead atoms. The molecule has 5 atom stereocenters. The lowest BCUT2D eigenvalue weighted by Crippen LogP contribution is -2.55. The number of rotatable bonds is 5. The van der Waals surface area contributed by atoms with E-state index in [1.807, 2.05) is 30.3 Å². The Labute approximate surface area is 182 Å². The third-order valence-electron chi connectivity index (χ3n) is 5.12. The molecule has 0 amide bonds. The van der Waals surface area contributed by atoms with Gasteiger partial charge in [0.1, 0.15) is 40.5 Å². The molecule has 1 aromatic heterocycles. The molecule has 2 aromatic carbocycles. The molecular formula is C21H21ClN2O5S. The number of aliphatic hydroxyl groups is 4. The Morgan fingerprint density at radius 1 is 0.967 bits per heavy atom. The molecule has 1 aliphatic rings. The van der Waals surface area contributed by atoms with Gasteiger partial charge < -0.3 is 25.2 Å². The first-order valence-corrected chi connectivity index (χ1v) is 10.6. The van der Waals surface area contributed by atoms with Crippen LogP contribution in [-0.4, -0.2) is 61.6 Å². The Morgan fingerprint density at radius 3 is 2.47 bits per heavy atom. The van der Waals surface area contributed by atoms with Crippen LogP contribution in [0.3, 0.4) is 0 Å². The molecule has 0 unspecified atom stereocenters. The molecule has 7 nitrogen and oxygen atoms in total. The van der Waals surface area contributed by atoms with Crippen molar-refractivity contribution in [2.75, 3.05) is 6.61 Å².